The van der Waals surface area contributed by atoms with Gasteiger partial charge in [-0.25, -0.2) is 14.4 Å². The minimum atomic E-state index is -1.14. The molecule has 0 heterocycles. The van der Waals surface area contributed by atoms with E-state index in [1.165, 1.54) is 12.1 Å². The first-order valence-corrected chi connectivity index (χ1v) is 9.75. The molecule has 1 rings (SSSR count). The first kappa shape index (κ1) is 23.4. The molecule has 0 unspecified atom stereocenters. The number of unbranched alkanes of at least 4 members (excludes halogenated alkanes) is 7. The second-order valence-electron chi connectivity index (χ2n) is 6.73. The highest BCUT2D eigenvalue weighted by Gasteiger charge is 2.16. The minimum Gasteiger partial charge on any atom is -0.478 e. The highest BCUT2D eigenvalue weighted by atomic mass is 16.5. The van der Waals surface area contributed by atoms with Gasteiger partial charge in [0.2, 0.25) is 0 Å². The molecule has 1 aromatic carbocycles. The molecule has 154 valence electrons. The number of carbonyl (C=O) groups excluding carboxylic acids is 2. The van der Waals surface area contributed by atoms with Crippen LogP contribution >= 0.6 is 0 Å². The second-order valence-corrected chi connectivity index (χ2v) is 6.73. The summed E-state index contributed by atoms with van der Waals surface area (Å²) in [6, 6.07) is 6.05. The van der Waals surface area contributed by atoms with Gasteiger partial charge in [0, 0.05) is 5.57 Å². The van der Waals surface area contributed by atoms with Crippen LogP contribution in [0.3, 0.4) is 0 Å². The lowest BCUT2D eigenvalue weighted by Crippen LogP contribution is -2.12. The van der Waals surface area contributed by atoms with E-state index in [9.17, 15) is 14.4 Å². The summed E-state index contributed by atoms with van der Waals surface area (Å²) in [6.07, 6.45) is 8.03. The molecule has 0 aliphatic carbocycles. The molecule has 6 heteroatoms. The zero-order valence-corrected chi connectivity index (χ0v) is 16.6. The van der Waals surface area contributed by atoms with Gasteiger partial charge in [0.25, 0.3) is 0 Å². The molecule has 0 aliphatic rings. The highest BCUT2D eigenvalue weighted by molar-refractivity contribution is 6.02. The molecule has 28 heavy (non-hydrogen) atoms. The average Bonchev–Trinajstić information content (AvgIpc) is 2.68. The number of hydrogen-bond acceptors (Lipinski definition) is 5. The second kappa shape index (κ2) is 13.5. The predicted octanol–water partition coefficient (Wildman–Crippen LogP) is 4.78. The van der Waals surface area contributed by atoms with Crippen molar-refractivity contribution in [3.05, 3.63) is 47.5 Å². The fraction of sp³-hybridized carbons (Fsp3) is 0.500. The van der Waals surface area contributed by atoms with E-state index in [4.69, 9.17) is 14.6 Å². The van der Waals surface area contributed by atoms with Gasteiger partial charge >= 0.3 is 17.9 Å². The van der Waals surface area contributed by atoms with Crippen LogP contribution in [0.25, 0.3) is 0 Å². The van der Waals surface area contributed by atoms with Crippen LogP contribution in [-0.2, 0) is 14.3 Å². The van der Waals surface area contributed by atoms with Crippen molar-refractivity contribution in [2.45, 2.75) is 58.3 Å². The van der Waals surface area contributed by atoms with Crippen molar-refractivity contribution in [1.29, 1.82) is 0 Å². The number of benzene rings is 1. The molecule has 1 N–H and O–H groups in total. The molecule has 0 amide bonds. The Bertz CT molecular complexity index is 665. The zero-order valence-electron chi connectivity index (χ0n) is 16.6. The number of rotatable bonds is 14. The van der Waals surface area contributed by atoms with Crippen molar-refractivity contribution in [2.75, 3.05) is 13.2 Å². The summed E-state index contributed by atoms with van der Waals surface area (Å²) in [5.41, 5.74) is 0.475. The van der Waals surface area contributed by atoms with Crippen molar-refractivity contribution >= 4 is 17.9 Å². The van der Waals surface area contributed by atoms with E-state index >= 15 is 0 Å². The molecular weight excluding hydrogens is 360 g/mol. The lowest BCUT2D eigenvalue weighted by atomic mass is 10.1. The Morgan fingerprint density at radius 3 is 1.79 bits per heavy atom. The topological polar surface area (TPSA) is 89.9 Å². The lowest BCUT2D eigenvalue weighted by Gasteiger charge is -2.07. The van der Waals surface area contributed by atoms with Gasteiger partial charge in [0.1, 0.15) is 0 Å². The Labute approximate surface area is 166 Å². The monoisotopic (exact) mass is 390 g/mol. The summed E-state index contributed by atoms with van der Waals surface area (Å²) in [7, 11) is 0. The van der Waals surface area contributed by atoms with E-state index < -0.39 is 11.9 Å². The van der Waals surface area contributed by atoms with Crippen molar-refractivity contribution in [2.24, 2.45) is 0 Å². The van der Waals surface area contributed by atoms with Gasteiger partial charge in [-0.1, -0.05) is 57.2 Å². The standard InChI is InChI=1S/C22H30O6/c1-17(2)21(25)27-15-11-7-5-3-4-6-8-12-16-28-22(26)19-14-10-9-13-18(19)20(23)24/h9-10,13-14H,1,3-8,11-12,15-16H2,2H3,(H,23,24). The number of ether oxygens (including phenoxy) is 2. The Morgan fingerprint density at radius 1 is 0.821 bits per heavy atom. The van der Waals surface area contributed by atoms with E-state index in [-0.39, 0.29) is 17.1 Å². The number of hydrogen-bond donors (Lipinski definition) is 1. The van der Waals surface area contributed by atoms with Crippen LogP contribution in [0.1, 0.15) is 79.0 Å². The third kappa shape index (κ3) is 9.35. The summed E-state index contributed by atoms with van der Waals surface area (Å²) in [6.45, 7) is 5.91. The van der Waals surface area contributed by atoms with E-state index in [0.717, 1.165) is 51.4 Å². The van der Waals surface area contributed by atoms with E-state index in [2.05, 4.69) is 6.58 Å². The molecule has 0 bridgehead atoms. The first-order chi connectivity index (χ1) is 13.4. The van der Waals surface area contributed by atoms with Gasteiger partial charge in [0.15, 0.2) is 0 Å². The normalized spacial score (nSPS) is 10.3. The molecule has 0 saturated carbocycles. The van der Waals surface area contributed by atoms with Gasteiger partial charge in [-0.3, -0.25) is 0 Å². The van der Waals surface area contributed by atoms with Crippen molar-refractivity contribution < 1.29 is 29.0 Å². The van der Waals surface area contributed by atoms with Crippen LogP contribution in [0.15, 0.2) is 36.4 Å². The molecule has 0 radical (unpaired) electrons. The number of aromatic carboxylic acids is 1. The van der Waals surface area contributed by atoms with Gasteiger partial charge in [-0.05, 0) is 31.9 Å². The molecule has 0 aromatic heterocycles. The predicted molar refractivity (Wildman–Crippen MR) is 106 cm³/mol. The van der Waals surface area contributed by atoms with Crippen LogP contribution in [0.5, 0.6) is 0 Å². The summed E-state index contributed by atoms with van der Waals surface area (Å²) in [5, 5.41) is 9.09. The molecule has 0 saturated heterocycles. The Hall–Kier alpha value is -2.63. The molecular formula is C22H30O6. The molecule has 6 nitrogen and oxygen atoms in total. The van der Waals surface area contributed by atoms with Gasteiger partial charge in [-0.2, -0.15) is 0 Å². The molecule has 0 fully saturated rings. The van der Waals surface area contributed by atoms with Crippen molar-refractivity contribution in [3.63, 3.8) is 0 Å². The summed E-state index contributed by atoms with van der Waals surface area (Å²) in [5.74, 6) is -2.06. The highest BCUT2D eigenvalue weighted by Crippen LogP contribution is 2.12. The smallest absolute Gasteiger partial charge is 0.339 e. The maximum atomic E-state index is 12.0. The Kier molecular flexibility index (Phi) is 11.3. The van der Waals surface area contributed by atoms with E-state index in [1.54, 1.807) is 19.1 Å². The van der Waals surface area contributed by atoms with Crippen LogP contribution in [0, 0.1) is 0 Å². The number of carboxylic acids is 1. The molecule has 0 aliphatic heterocycles. The maximum Gasteiger partial charge on any atom is 0.339 e. The molecule has 0 spiro atoms. The van der Waals surface area contributed by atoms with Crippen LogP contribution in [-0.4, -0.2) is 36.2 Å². The molecule has 0 atom stereocenters. The first-order valence-electron chi connectivity index (χ1n) is 9.75. The summed E-state index contributed by atoms with van der Waals surface area (Å²) in [4.78, 5) is 34.3. The number of carbonyl (C=O) groups is 3. The zero-order chi connectivity index (χ0) is 20.8. The van der Waals surface area contributed by atoms with Crippen LogP contribution in [0.4, 0.5) is 0 Å². The average molecular weight is 390 g/mol. The van der Waals surface area contributed by atoms with Crippen molar-refractivity contribution in [1.82, 2.24) is 0 Å². The van der Waals surface area contributed by atoms with Gasteiger partial charge in [0.05, 0.1) is 24.3 Å². The van der Waals surface area contributed by atoms with Crippen molar-refractivity contribution in [3.8, 4) is 0 Å². The Balaban J connectivity index is 2.01. The lowest BCUT2D eigenvalue weighted by molar-refractivity contribution is -0.139. The summed E-state index contributed by atoms with van der Waals surface area (Å²) < 4.78 is 10.2. The van der Waals surface area contributed by atoms with E-state index in [1.807, 2.05) is 0 Å². The fourth-order valence-corrected chi connectivity index (χ4v) is 2.64. The summed E-state index contributed by atoms with van der Waals surface area (Å²) >= 11 is 0. The number of carboxylic acid groups (broad SMARTS) is 1. The third-order valence-electron chi connectivity index (χ3n) is 4.23. The molecule has 1 aromatic rings. The van der Waals surface area contributed by atoms with E-state index in [0.29, 0.717) is 18.8 Å². The quantitative estimate of drug-likeness (QED) is 0.279. The van der Waals surface area contributed by atoms with Crippen LogP contribution < -0.4 is 0 Å². The maximum absolute atomic E-state index is 12.0. The van der Waals surface area contributed by atoms with Gasteiger partial charge < -0.3 is 14.6 Å². The SMILES string of the molecule is C=C(C)C(=O)OCCCCCCCCCCOC(=O)c1ccccc1C(=O)O. The van der Waals surface area contributed by atoms with Gasteiger partial charge in [-0.15, -0.1) is 0 Å². The fourth-order valence-electron chi connectivity index (χ4n) is 2.64. The largest absolute Gasteiger partial charge is 0.478 e. The Morgan fingerprint density at radius 2 is 1.29 bits per heavy atom. The minimum absolute atomic E-state index is 0.0399. The third-order valence-corrected chi connectivity index (χ3v) is 4.23. The number of esters is 2. The van der Waals surface area contributed by atoms with Crippen LogP contribution in [0.2, 0.25) is 0 Å².